The maximum absolute atomic E-state index is 12.8. The molecule has 0 aliphatic heterocycles. The largest absolute Gasteiger partial charge is 0.207 e. The molecule has 1 aromatic carbocycles. The van der Waals surface area contributed by atoms with E-state index in [4.69, 9.17) is 11.6 Å². The highest BCUT2D eigenvalue weighted by atomic mass is 35.5. The zero-order valence-corrected chi connectivity index (χ0v) is 11.4. The van der Waals surface area contributed by atoms with E-state index >= 15 is 0 Å². The van der Waals surface area contributed by atoms with E-state index in [1.54, 1.807) is 0 Å². The van der Waals surface area contributed by atoms with Gasteiger partial charge in [-0.1, -0.05) is 18.6 Å². The van der Waals surface area contributed by atoms with E-state index < -0.39 is 0 Å². The molecule has 2 bridgehead atoms. The van der Waals surface area contributed by atoms with Crippen LogP contribution in [0, 0.1) is 23.6 Å². The van der Waals surface area contributed by atoms with Crippen molar-refractivity contribution in [2.45, 2.75) is 43.9 Å². The van der Waals surface area contributed by atoms with Crippen LogP contribution in [0.1, 0.15) is 37.7 Å². The van der Waals surface area contributed by atoms with E-state index in [1.807, 2.05) is 12.1 Å². The monoisotopic (exact) mass is 266 g/mol. The fraction of sp³-hybridized carbons (Fsp3) is 0.625. The summed E-state index contributed by atoms with van der Waals surface area (Å²) < 4.78 is 12.8. The van der Waals surface area contributed by atoms with Gasteiger partial charge in [-0.25, -0.2) is 4.39 Å². The summed E-state index contributed by atoms with van der Waals surface area (Å²) in [6, 6.07) is 6.75. The number of hydrogen-bond acceptors (Lipinski definition) is 0. The lowest BCUT2D eigenvalue weighted by Crippen LogP contribution is -2.16. The van der Waals surface area contributed by atoms with Crippen molar-refractivity contribution in [2.75, 3.05) is 0 Å². The van der Waals surface area contributed by atoms with Crippen LogP contribution in [-0.2, 0) is 6.42 Å². The van der Waals surface area contributed by atoms with Crippen molar-refractivity contribution in [3.63, 3.8) is 0 Å². The van der Waals surface area contributed by atoms with Gasteiger partial charge in [-0.15, -0.1) is 11.6 Å². The van der Waals surface area contributed by atoms with Gasteiger partial charge < -0.3 is 0 Å². The average Bonchev–Trinajstić information content (AvgIpc) is 2.94. The van der Waals surface area contributed by atoms with Crippen molar-refractivity contribution < 1.29 is 4.39 Å². The lowest BCUT2D eigenvalue weighted by molar-refractivity contribution is 0.310. The zero-order valence-electron chi connectivity index (χ0n) is 10.6. The predicted molar refractivity (Wildman–Crippen MR) is 73.3 cm³/mol. The predicted octanol–water partition coefficient (Wildman–Crippen LogP) is 4.80. The Morgan fingerprint density at radius 3 is 2.56 bits per heavy atom. The topological polar surface area (TPSA) is 0 Å². The lowest BCUT2D eigenvalue weighted by atomic mass is 9.84. The van der Waals surface area contributed by atoms with E-state index in [0.29, 0.717) is 0 Å². The molecule has 18 heavy (non-hydrogen) atoms. The Bertz CT molecular complexity index is 400. The van der Waals surface area contributed by atoms with Crippen LogP contribution in [0.25, 0.3) is 0 Å². The molecule has 0 aromatic heterocycles. The summed E-state index contributed by atoms with van der Waals surface area (Å²) >= 11 is 6.48. The summed E-state index contributed by atoms with van der Waals surface area (Å²) in [7, 11) is 0. The minimum Gasteiger partial charge on any atom is -0.207 e. The van der Waals surface area contributed by atoms with Gasteiger partial charge in [0.05, 0.1) is 0 Å². The highest BCUT2D eigenvalue weighted by Gasteiger charge is 2.39. The van der Waals surface area contributed by atoms with Gasteiger partial charge in [0.15, 0.2) is 0 Å². The number of rotatable bonds is 4. The molecule has 0 nitrogen and oxygen atoms in total. The van der Waals surface area contributed by atoms with Crippen molar-refractivity contribution in [3.8, 4) is 0 Å². The molecule has 0 spiro atoms. The van der Waals surface area contributed by atoms with Crippen LogP contribution in [0.4, 0.5) is 4.39 Å². The van der Waals surface area contributed by atoms with Gasteiger partial charge in [0.2, 0.25) is 0 Å². The molecule has 0 N–H and O–H groups in total. The SMILES string of the molecule is Fc1ccc(CC(Cl)CC2CC3CCC2C3)cc1. The first-order valence-electron chi connectivity index (χ1n) is 7.09. The maximum Gasteiger partial charge on any atom is 0.123 e. The molecule has 98 valence electrons. The molecule has 1 aromatic rings. The van der Waals surface area contributed by atoms with E-state index in [0.717, 1.165) is 36.2 Å². The van der Waals surface area contributed by atoms with Gasteiger partial charge in [0.1, 0.15) is 5.82 Å². The van der Waals surface area contributed by atoms with E-state index in [2.05, 4.69) is 0 Å². The fourth-order valence-corrected chi connectivity index (χ4v) is 4.36. The summed E-state index contributed by atoms with van der Waals surface area (Å²) in [4.78, 5) is 0. The van der Waals surface area contributed by atoms with Crippen molar-refractivity contribution in [2.24, 2.45) is 17.8 Å². The third kappa shape index (κ3) is 2.71. The Balaban J connectivity index is 1.52. The standard InChI is InChI=1S/C16H20ClF/c17-15(9-11-2-5-16(18)6-3-11)10-14-8-12-1-4-13(14)7-12/h2-3,5-6,12-15H,1,4,7-10H2. The molecule has 2 aliphatic carbocycles. The molecule has 4 atom stereocenters. The normalized spacial score (nSPS) is 31.8. The zero-order chi connectivity index (χ0) is 12.5. The first-order chi connectivity index (χ1) is 8.70. The molecule has 0 saturated heterocycles. The Morgan fingerprint density at radius 1 is 1.17 bits per heavy atom. The van der Waals surface area contributed by atoms with Crippen LogP contribution >= 0.6 is 11.6 Å². The van der Waals surface area contributed by atoms with Gasteiger partial charge >= 0.3 is 0 Å². The number of alkyl halides is 1. The minimum absolute atomic E-state index is 0.169. The smallest absolute Gasteiger partial charge is 0.123 e. The molecule has 2 aliphatic rings. The molecule has 2 saturated carbocycles. The highest BCUT2D eigenvalue weighted by Crippen LogP contribution is 2.50. The van der Waals surface area contributed by atoms with Crippen LogP contribution in [0.2, 0.25) is 0 Å². The number of benzene rings is 1. The molecule has 2 heteroatoms. The van der Waals surface area contributed by atoms with E-state index in [9.17, 15) is 4.39 Å². The van der Waals surface area contributed by atoms with Crippen LogP contribution in [0.15, 0.2) is 24.3 Å². The lowest BCUT2D eigenvalue weighted by Gasteiger charge is -2.23. The second kappa shape index (κ2) is 5.21. The molecule has 4 unspecified atom stereocenters. The number of hydrogen-bond donors (Lipinski definition) is 0. The number of fused-ring (bicyclic) bond motifs is 2. The summed E-state index contributed by atoms with van der Waals surface area (Å²) in [6.45, 7) is 0. The van der Waals surface area contributed by atoms with Gasteiger partial charge in [0.25, 0.3) is 0 Å². The molecule has 3 rings (SSSR count). The minimum atomic E-state index is -0.169. The van der Waals surface area contributed by atoms with Crippen molar-refractivity contribution >= 4 is 11.6 Å². The van der Waals surface area contributed by atoms with Gasteiger partial charge in [-0.2, -0.15) is 0 Å². The maximum atomic E-state index is 12.8. The average molecular weight is 267 g/mol. The Labute approximate surface area is 114 Å². The number of halogens is 2. The summed E-state index contributed by atoms with van der Waals surface area (Å²) in [5, 5.41) is 0.208. The molecule has 0 radical (unpaired) electrons. The van der Waals surface area contributed by atoms with E-state index in [1.165, 1.54) is 37.8 Å². The summed E-state index contributed by atoms with van der Waals surface area (Å²) in [5.41, 5.74) is 1.15. The van der Waals surface area contributed by atoms with Crippen molar-refractivity contribution in [3.05, 3.63) is 35.6 Å². The van der Waals surface area contributed by atoms with Gasteiger partial charge in [-0.05, 0) is 67.6 Å². The van der Waals surface area contributed by atoms with E-state index in [-0.39, 0.29) is 11.2 Å². The summed E-state index contributed by atoms with van der Waals surface area (Å²) in [5.74, 6) is 2.63. The third-order valence-corrected chi connectivity index (χ3v) is 5.15. The highest BCUT2D eigenvalue weighted by molar-refractivity contribution is 6.20. The molecule has 2 fully saturated rings. The van der Waals surface area contributed by atoms with Gasteiger partial charge in [0, 0.05) is 5.38 Å². The summed E-state index contributed by atoms with van der Waals surface area (Å²) in [6.07, 6.45) is 7.74. The third-order valence-electron chi connectivity index (χ3n) is 4.81. The molecule has 0 heterocycles. The molecular formula is C16H20ClF. The first-order valence-corrected chi connectivity index (χ1v) is 7.53. The quantitative estimate of drug-likeness (QED) is 0.687. The van der Waals surface area contributed by atoms with Crippen LogP contribution in [0.3, 0.4) is 0 Å². The fourth-order valence-electron chi connectivity index (χ4n) is 3.95. The Hall–Kier alpha value is -0.560. The molecular weight excluding hydrogens is 247 g/mol. The Morgan fingerprint density at radius 2 is 1.94 bits per heavy atom. The molecule has 0 amide bonds. The van der Waals surface area contributed by atoms with Crippen LogP contribution in [0.5, 0.6) is 0 Å². The Kier molecular flexibility index (Phi) is 3.61. The second-order valence-electron chi connectivity index (χ2n) is 6.10. The van der Waals surface area contributed by atoms with Crippen LogP contribution < -0.4 is 0 Å². The second-order valence-corrected chi connectivity index (χ2v) is 6.72. The van der Waals surface area contributed by atoms with Crippen molar-refractivity contribution in [1.29, 1.82) is 0 Å². The van der Waals surface area contributed by atoms with Crippen molar-refractivity contribution in [1.82, 2.24) is 0 Å². The van der Waals surface area contributed by atoms with Gasteiger partial charge in [-0.3, -0.25) is 0 Å². The van der Waals surface area contributed by atoms with Crippen LogP contribution in [-0.4, -0.2) is 5.38 Å². The first kappa shape index (κ1) is 12.5.